The largest absolute Gasteiger partial charge is 0.506 e. The Balaban J connectivity index is 1.31. The molecule has 5 aromatic rings. The Morgan fingerprint density at radius 2 is 1.28 bits per heavy atom. The molecule has 5 aromatic carbocycles. The van der Waals surface area contributed by atoms with Gasteiger partial charge in [-0.05, 0) is 132 Å². The number of fused-ring (bicyclic) bond motifs is 1. The average Bonchev–Trinajstić information content (AvgIpc) is 3.19. The van der Waals surface area contributed by atoms with Crippen molar-refractivity contribution >= 4 is 139 Å². The molecule has 2 amide bonds. The summed E-state index contributed by atoms with van der Waals surface area (Å²) in [7, 11) is -8.07. The number of hydrazine groups is 1. The number of nitrogens with zero attached hydrogens (tertiary/aromatic N) is 1. The second kappa shape index (κ2) is 19.8. The molecule has 22 heteroatoms. The van der Waals surface area contributed by atoms with Crippen LogP contribution in [0.15, 0.2) is 115 Å². The topological polar surface area (TPSA) is 248 Å². The fourth-order valence-corrected chi connectivity index (χ4v) is 8.43. The van der Waals surface area contributed by atoms with Gasteiger partial charge in [0.15, 0.2) is 10.2 Å². The second-order valence-electron chi connectivity index (χ2n) is 12.6. The van der Waals surface area contributed by atoms with E-state index in [0.29, 0.717) is 20.1 Å². The van der Waals surface area contributed by atoms with Gasteiger partial charge in [0.25, 0.3) is 32.1 Å². The summed E-state index contributed by atoms with van der Waals surface area (Å²) in [6, 6.07) is 23.9. The van der Waals surface area contributed by atoms with E-state index in [1.165, 1.54) is 42.6 Å². The minimum absolute atomic E-state index is 0.0127. The third-order valence-corrected chi connectivity index (χ3v) is 11.9. The number of carbonyl (C=O) groups excluding carboxylic acids is 2. The summed E-state index contributed by atoms with van der Waals surface area (Å²) in [5.74, 6) is -2.92. The number of carbonyl (C=O) groups is 2. The number of hydrogen-bond acceptors (Lipinski definition) is 10. The molecule has 0 saturated carbocycles. The molecule has 0 heterocycles. The van der Waals surface area contributed by atoms with Crippen LogP contribution in [0.1, 0.15) is 22.3 Å². The van der Waals surface area contributed by atoms with E-state index in [2.05, 4.69) is 69.2 Å². The third kappa shape index (κ3) is 12.4. The summed E-state index contributed by atoms with van der Waals surface area (Å²) in [5.41, 5.74) is 8.66. The first-order chi connectivity index (χ1) is 28.3. The van der Waals surface area contributed by atoms with Gasteiger partial charge in [0.1, 0.15) is 21.5 Å². The number of halogens is 2. The van der Waals surface area contributed by atoms with Gasteiger partial charge in [-0.1, -0.05) is 66.7 Å². The number of phenols is 1. The van der Waals surface area contributed by atoms with E-state index in [1.807, 2.05) is 36.4 Å². The molecule has 0 fully saturated rings. The van der Waals surface area contributed by atoms with Crippen LogP contribution in [0.4, 0.5) is 11.4 Å². The number of thiocarbonyl (C=S) groups is 2. The molecule has 9 N–H and O–H groups in total. The van der Waals surface area contributed by atoms with Gasteiger partial charge in [-0.2, -0.15) is 21.9 Å². The maximum Gasteiger partial charge on any atom is 0.295 e. The summed E-state index contributed by atoms with van der Waals surface area (Å²) in [4.78, 5) is 25.9. The number of hydrogen-bond donors (Lipinski definition) is 9. The summed E-state index contributed by atoms with van der Waals surface area (Å²) in [5, 5.41) is 23.9. The molecule has 0 aliphatic rings. The quantitative estimate of drug-likeness (QED) is 0.0174. The van der Waals surface area contributed by atoms with Gasteiger partial charge in [-0.3, -0.25) is 29.5 Å². The molecule has 312 valence electrons. The van der Waals surface area contributed by atoms with Crippen molar-refractivity contribution in [3.63, 3.8) is 0 Å². The lowest BCUT2D eigenvalue weighted by molar-refractivity contribution is -0.135. The monoisotopic (exact) mass is 1020 g/mol. The highest BCUT2D eigenvalue weighted by Gasteiger charge is 2.28. The van der Waals surface area contributed by atoms with Crippen LogP contribution in [0.5, 0.6) is 5.75 Å². The van der Waals surface area contributed by atoms with Crippen molar-refractivity contribution in [3.8, 4) is 5.75 Å². The predicted molar refractivity (Wildman–Crippen MR) is 245 cm³/mol. The number of aromatic hydroxyl groups is 1. The summed E-state index contributed by atoms with van der Waals surface area (Å²) in [6.45, 7) is 0. The van der Waals surface area contributed by atoms with E-state index in [-0.39, 0.29) is 44.9 Å². The SMILES string of the molecule is CNC(=S)Nc1ccc(/C=C/c2ccc(NC(=S)NNC(=O)C(Cc3ccc4ccccc4c3)C(=O)N/N=C/c3cc(Br)c(O)c(Br)c3)cc2S(=O)(=O)O)c(S(=O)(=O)O)c1. The van der Waals surface area contributed by atoms with E-state index in [1.54, 1.807) is 25.2 Å². The molecule has 5 rings (SSSR count). The highest BCUT2D eigenvalue weighted by atomic mass is 79.9. The minimum atomic E-state index is -4.88. The molecule has 0 aliphatic carbocycles. The predicted octanol–water partition coefficient (Wildman–Crippen LogP) is 5.98. The van der Waals surface area contributed by atoms with Gasteiger partial charge in [-0.15, -0.1) is 0 Å². The number of benzene rings is 5. The molecule has 0 spiro atoms. The van der Waals surface area contributed by atoms with Gasteiger partial charge in [0.05, 0.1) is 15.2 Å². The maximum atomic E-state index is 13.6. The Kier molecular flexibility index (Phi) is 15.1. The van der Waals surface area contributed by atoms with Crippen molar-refractivity contribution in [3.05, 3.63) is 122 Å². The Bertz CT molecular complexity index is 2780. The molecule has 0 radical (unpaired) electrons. The van der Waals surface area contributed by atoms with Crippen LogP contribution < -0.4 is 32.2 Å². The van der Waals surface area contributed by atoms with E-state index in [9.17, 15) is 40.6 Å². The number of phenolic OH excluding ortho intramolecular Hbond substituents is 1. The minimum Gasteiger partial charge on any atom is -0.506 e. The van der Waals surface area contributed by atoms with E-state index < -0.39 is 47.8 Å². The summed E-state index contributed by atoms with van der Waals surface area (Å²) < 4.78 is 69.9. The van der Waals surface area contributed by atoms with Crippen molar-refractivity contribution in [2.45, 2.75) is 16.2 Å². The number of hydrazone groups is 1. The van der Waals surface area contributed by atoms with E-state index in [0.717, 1.165) is 22.9 Å². The molecule has 1 unspecified atom stereocenters. The molecule has 0 aliphatic heterocycles. The lowest BCUT2D eigenvalue weighted by Crippen LogP contribution is -2.49. The van der Waals surface area contributed by atoms with Gasteiger partial charge >= 0.3 is 0 Å². The normalized spacial score (nSPS) is 12.2. The molecule has 0 bridgehead atoms. The van der Waals surface area contributed by atoms with Crippen LogP contribution in [-0.4, -0.2) is 66.3 Å². The fraction of sp³-hybridized carbons (Fsp3) is 0.0789. The zero-order valence-electron chi connectivity index (χ0n) is 30.8. The van der Waals surface area contributed by atoms with Crippen LogP contribution in [0.3, 0.4) is 0 Å². The van der Waals surface area contributed by atoms with E-state index >= 15 is 0 Å². The molecular formula is C38H33Br2N7O9S4. The van der Waals surface area contributed by atoms with E-state index in [4.69, 9.17) is 24.4 Å². The Morgan fingerprint density at radius 3 is 1.83 bits per heavy atom. The van der Waals surface area contributed by atoms with Crippen molar-refractivity contribution in [1.82, 2.24) is 21.6 Å². The Hall–Kier alpha value is -5.33. The first-order valence-electron chi connectivity index (χ1n) is 17.1. The highest BCUT2D eigenvalue weighted by Crippen LogP contribution is 2.33. The molecule has 1 atom stereocenters. The number of nitrogens with one attached hydrogen (secondary N) is 6. The van der Waals surface area contributed by atoms with Crippen molar-refractivity contribution in [2.24, 2.45) is 11.0 Å². The van der Waals surface area contributed by atoms with Gasteiger partial charge in [0, 0.05) is 18.4 Å². The lowest BCUT2D eigenvalue weighted by Gasteiger charge is -2.18. The molecule has 60 heavy (non-hydrogen) atoms. The maximum absolute atomic E-state index is 13.6. The third-order valence-electron chi connectivity index (χ3n) is 8.38. The van der Waals surface area contributed by atoms with Crippen LogP contribution in [0.2, 0.25) is 0 Å². The average molecular weight is 1020 g/mol. The standard InChI is InChI=1S/C38H33Br2N7O9S4/c1-41-37(57)43-27-12-10-24(32(18-27)59(51,52)53)8-9-25-11-13-28(19-33(25)60(54,55)56)44-38(58)47-46-36(50)29(15-21-6-7-23-4-2-3-5-26(23)14-21)35(49)45-42-20-22-16-30(39)34(48)31(40)17-22/h2-14,16-20,29,48H,15H2,1H3,(H,45,49)(H,46,50)(H2,41,43,57)(H2,44,47,58)(H,51,52,53)(H,54,55,56)/b9-8+,42-20+. The first kappa shape index (κ1) is 45.7. The number of amides is 2. The van der Waals surface area contributed by atoms with Crippen molar-refractivity contribution in [2.75, 3.05) is 17.7 Å². The molecular weight excluding hydrogens is 987 g/mol. The van der Waals surface area contributed by atoms with Gasteiger partial charge in [-0.25, -0.2) is 5.43 Å². The van der Waals surface area contributed by atoms with Gasteiger partial charge < -0.3 is 21.1 Å². The first-order valence-corrected chi connectivity index (χ1v) is 22.4. The van der Waals surface area contributed by atoms with Crippen LogP contribution in [0.25, 0.3) is 22.9 Å². The zero-order valence-corrected chi connectivity index (χ0v) is 37.2. The number of rotatable bonds is 12. The van der Waals surface area contributed by atoms with Crippen molar-refractivity contribution in [1.29, 1.82) is 0 Å². The summed E-state index contributed by atoms with van der Waals surface area (Å²) >= 11 is 16.8. The van der Waals surface area contributed by atoms with Crippen molar-refractivity contribution < 1.29 is 40.6 Å². The van der Waals surface area contributed by atoms with Gasteiger partial charge in [0.2, 0.25) is 0 Å². The smallest absolute Gasteiger partial charge is 0.295 e. The fourth-order valence-electron chi connectivity index (χ4n) is 5.50. The number of anilines is 2. The summed E-state index contributed by atoms with van der Waals surface area (Å²) in [6.07, 6.45) is 3.72. The zero-order chi connectivity index (χ0) is 43.8. The Morgan fingerprint density at radius 1 is 0.733 bits per heavy atom. The second-order valence-corrected chi connectivity index (χ2v) is 17.9. The molecule has 16 nitrogen and oxygen atoms in total. The Labute approximate surface area is 371 Å². The molecule has 0 aromatic heterocycles. The lowest BCUT2D eigenvalue weighted by atomic mass is 9.96. The van der Waals surface area contributed by atoms with Crippen LogP contribution in [-0.2, 0) is 36.2 Å². The highest BCUT2D eigenvalue weighted by molar-refractivity contribution is 9.11. The van der Waals surface area contributed by atoms with Crippen LogP contribution in [0, 0.1) is 5.92 Å². The molecule has 0 saturated heterocycles. The van der Waals surface area contributed by atoms with Crippen LogP contribution >= 0.6 is 56.3 Å².